The highest BCUT2D eigenvalue weighted by molar-refractivity contribution is 7.99. The molecule has 0 spiro atoms. The monoisotopic (exact) mass is 440 g/mol. The fraction of sp³-hybridized carbons (Fsp3) is 0.182. The maximum absolute atomic E-state index is 13.8. The highest BCUT2D eigenvalue weighted by Gasteiger charge is 2.16. The molecule has 0 saturated carbocycles. The molecule has 7 nitrogen and oxygen atoms in total. The third-order valence-corrected chi connectivity index (χ3v) is 5.34. The lowest BCUT2D eigenvalue weighted by Crippen LogP contribution is -2.25. The van der Waals surface area contributed by atoms with Gasteiger partial charge in [0.05, 0.1) is 25.0 Å². The van der Waals surface area contributed by atoms with Crippen LogP contribution in [0.4, 0.5) is 4.39 Å². The van der Waals surface area contributed by atoms with Gasteiger partial charge in [-0.1, -0.05) is 30.0 Å². The molecule has 0 aliphatic carbocycles. The maximum atomic E-state index is 13.8. The Labute approximate surface area is 183 Å². The van der Waals surface area contributed by atoms with E-state index in [9.17, 15) is 14.0 Å². The number of hydrogen-bond donors (Lipinski definition) is 1. The van der Waals surface area contributed by atoms with Crippen LogP contribution in [0.2, 0.25) is 0 Å². The average molecular weight is 441 g/mol. The molecule has 3 rings (SSSR count). The van der Waals surface area contributed by atoms with Crippen LogP contribution in [0, 0.1) is 5.82 Å². The van der Waals surface area contributed by atoms with Gasteiger partial charge in [0, 0.05) is 12.1 Å². The first-order valence-electron chi connectivity index (χ1n) is 9.39. The Bertz CT molecular complexity index is 1080. The third-order valence-electron chi connectivity index (χ3n) is 4.38. The number of thioether (sulfide) groups is 1. The van der Waals surface area contributed by atoms with Gasteiger partial charge in [0.2, 0.25) is 0 Å². The lowest BCUT2D eigenvalue weighted by molar-refractivity contribution is 0.0944. The zero-order valence-corrected chi connectivity index (χ0v) is 17.7. The number of carbonyl (C=O) groups excluding carboxylic acids is 2. The van der Waals surface area contributed by atoms with E-state index in [1.807, 2.05) is 0 Å². The van der Waals surface area contributed by atoms with Crippen LogP contribution in [0.15, 0.2) is 66.3 Å². The number of ether oxygens (including phenoxy) is 1. The van der Waals surface area contributed by atoms with Crippen LogP contribution >= 0.6 is 11.8 Å². The van der Waals surface area contributed by atoms with E-state index in [1.54, 1.807) is 48.1 Å². The molecule has 2 aromatic carbocycles. The fourth-order valence-electron chi connectivity index (χ4n) is 2.76. The number of amides is 1. The molecule has 1 amide bonds. The minimum absolute atomic E-state index is 0.0445. The van der Waals surface area contributed by atoms with Crippen LogP contribution in [0.3, 0.4) is 0 Å². The van der Waals surface area contributed by atoms with Gasteiger partial charge in [-0.3, -0.25) is 9.59 Å². The van der Waals surface area contributed by atoms with Crippen molar-refractivity contribution in [2.24, 2.45) is 0 Å². The second-order valence-electron chi connectivity index (χ2n) is 6.40. The molecular formula is C22H21FN4O3S. The number of allylic oxidation sites excluding steroid dienone is 1. The second-order valence-corrected chi connectivity index (χ2v) is 7.34. The van der Waals surface area contributed by atoms with Crippen molar-refractivity contribution in [3.05, 3.63) is 84.0 Å². The summed E-state index contributed by atoms with van der Waals surface area (Å²) in [5.41, 5.74) is 0.525. The molecule has 3 aromatic rings. The van der Waals surface area contributed by atoms with Gasteiger partial charge in [0.25, 0.3) is 5.91 Å². The molecule has 0 aliphatic heterocycles. The van der Waals surface area contributed by atoms with Crippen molar-refractivity contribution in [2.75, 3.05) is 12.9 Å². The van der Waals surface area contributed by atoms with Crippen LogP contribution in [-0.2, 0) is 13.1 Å². The van der Waals surface area contributed by atoms with Gasteiger partial charge in [0.15, 0.2) is 16.8 Å². The Morgan fingerprint density at radius 2 is 1.94 bits per heavy atom. The SMILES string of the molecule is C=CCn1c(CNC(=O)c2ccccc2F)nnc1SCC(=O)c1ccc(OC)cc1. The van der Waals surface area contributed by atoms with Crippen LogP contribution in [0.25, 0.3) is 0 Å². The van der Waals surface area contributed by atoms with Crippen LogP contribution in [0.5, 0.6) is 5.75 Å². The first-order valence-corrected chi connectivity index (χ1v) is 10.4. The van der Waals surface area contributed by atoms with Gasteiger partial charge >= 0.3 is 0 Å². The number of nitrogens with zero attached hydrogens (tertiary/aromatic N) is 3. The molecule has 0 saturated heterocycles. The molecule has 1 heterocycles. The van der Waals surface area contributed by atoms with Gasteiger partial charge in [-0.2, -0.15) is 0 Å². The van der Waals surface area contributed by atoms with E-state index in [0.717, 1.165) is 0 Å². The molecule has 31 heavy (non-hydrogen) atoms. The van der Waals surface area contributed by atoms with Gasteiger partial charge < -0.3 is 14.6 Å². The summed E-state index contributed by atoms with van der Waals surface area (Å²) < 4.78 is 20.6. The number of hydrogen-bond acceptors (Lipinski definition) is 6. The van der Waals surface area contributed by atoms with Crippen LogP contribution < -0.4 is 10.1 Å². The Morgan fingerprint density at radius 3 is 2.61 bits per heavy atom. The second kappa shape index (κ2) is 10.5. The summed E-state index contributed by atoms with van der Waals surface area (Å²) in [5, 5.41) is 11.4. The molecule has 0 bridgehead atoms. The number of carbonyl (C=O) groups is 2. The maximum Gasteiger partial charge on any atom is 0.254 e. The number of ketones is 1. The Morgan fingerprint density at radius 1 is 1.19 bits per heavy atom. The molecule has 1 N–H and O–H groups in total. The lowest BCUT2D eigenvalue weighted by Gasteiger charge is -2.09. The Kier molecular flexibility index (Phi) is 7.55. The molecule has 0 unspecified atom stereocenters. The summed E-state index contributed by atoms with van der Waals surface area (Å²) in [6.07, 6.45) is 1.67. The highest BCUT2D eigenvalue weighted by Crippen LogP contribution is 2.20. The smallest absolute Gasteiger partial charge is 0.254 e. The van der Waals surface area contributed by atoms with Crippen molar-refractivity contribution in [3.8, 4) is 5.75 Å². The normalized spacial score (nSPS) is 10.5. The predicted octanol–water partition coefficient (Wildman–Crippen LogP) is 3.52. The van der Waals surface area contributed by atoms with E-state index in [2.05, 4.69) is 22.1 Å². The van der Waals surface area contributed by atoms with E-state index in [1.165, 1.54) is 30.0 Å². The zero-order chi connectivity index (χ0) is 22.2. The third kappa shape index (κ3) is 5.58. The minimum Gasteiger partial charge on any atom is -0.497 e. The van der Waals surface area contributed by atoms with Gasteiger partial charge in [-0.15, -0.1) is 16.8 Å². The van der Waals surface area contributed by atoms with E-state index >= 15 is 0 Å². The molecule has 0 fully saturated rings. The molecule has 0 atom stereocenters. The summed E-state index contributed by atoms with van der Waals surface area (Å²) in [6, 6.07) is 12.6. The van der Waals surface area contributed by atoms with Crippen molar-refractivity contribution in [1.29, 1.82) is 0 Å². The number of methoxy groups -OCH3 is 1. The summed E-state index contributed by atoms with van der Waals surface area (Å²) in [5.74, 6) is 0.121. The van der Waals surface area contributed by atoms with E-state index in [4.69, 9.17) is 4.74 Å². The van der Waals surface area contributed by atoms with E-state index in [-0.39, 0.29) is 23.6 Å². The Balaban J connectivity index is 1.65. The number of rotatable bonds is 10. The van der Waals surface area contributed by atoms with Crippen molar-refractivity contribution < 1.29 is 18.7 Å². The first-order chi connectivity index (χ1) is 15.0. The highest BCUT2D eigenvalue weighted by atomic mass is 32.2. The van der Waals surface area contributed by atoms with Crippen molar-refractivity contribution in [1.82, 2.24) is 20.1 Å². The standard InChI is InChI=1S/C22H21FN4O3S/c1-3-12-27-20(13-24-21(29)17-6-4-5-7-18(17)23)25-26-22(27)31-14-19(28)15-8-10-16(30-2)11-9-15/h3-11H,1,12-14H2,2H3,(H,24,29). The number of halogens is 1. The summed E-state index contributed by atoms with van der Waals surface area (Å²) >= 11 is 1.24. The molecule has 0 aliphatic rings. The van der Waals surface area contributed by atoms with Crippen molar-refractivity contribution in [2.45, 2.75) is 18.2 Å². The summed E-state index contributed by atoms with van der Waals surface area (Å²) in [7, 11) is 1.56. The largest absolute Gasteiger partial charge is 0.497 e. The van der Waals surface area contributed by atoms with Gasteiger partial charge in [-0.05, 0) is 36.4 Å². The van der Waals surface area contributed by atoms with Crippen LogP contribution in [-0.4, -0.2) is 39.3 Å². The quantitative estimate of drug-likeness (QED) is 0.295. The van der Waals surface area contributed by atoms with E-state index in [0.29, 0.717) is 28.8 Å². The lowest BCUT2D eigenvalue weighted by atomic mass is 10.1. The molecular weight excluding hydrogens is 419 g/mol. The average Bonchev–Trinajstić information content (AvgIpc) is 3.18. The number of benzene rings is 2. The van der Waals surface area contributed by atoms with Crippen molar-refractivity contribution in [3.63, 3.8) is 0 Å². The number of aromatic nitrogens is 3. The predicted molar refractivity (Wildman–Crippen MR) is 116 cm³/mol. The Hall–Kier alpha value is -3.46. The van der Waals surface area contributed by atoms with Gasteiger partial charge in [-0.25, -0.2) is 4.39 Å². The molecule has 9 heteroatoms. The fourth-order valence-corrected chi connectivity index (χ4v) is 3.62. The van der Waals surface area contributed by atoms with Crippen molar-refractivity contribution >= 4 is 23.5 Å². The topological polar surface area (TPSA) is 86.1 Å². The first kappa shape index (κ1) is 22.2. The summed E-state index contributed by atoms with van der Waals surface area (Å²) in [4.78, 5) is 24.7. The number of nitrogens with one attached hydrogen (secondary N) is 1. The van der Waals surface area contributed by atoms with Gasteiger partial charge in [0.1, 0.15) is 11.6 Å². The zero-order valence-electron chi connectivity index (χ0n) is 16.9. The minimum atomic E-state index is -0.596. The van der Waals surface area contributed by atoms with Crippen LogP contribution in [0.1, 0.15) is 26.5 Å². The molecule has 160 valence electrons. The van der Waals surface area contributed by atoms with E-state index < -0.39 is 11.7 Å². The molecule has 1 aromatic heterocycles. The summed E-state index contributed by atoms with van der Waals surface area (Å²) in [6.45, 7) is 4.19. The number of Topliss-reactive ketones (excluding diaryl/α,β-unsaturated/α-hetero) is 1. The molecule has 0 radical (unpaired) electrons.